The number of nitrogens with one attached hydrogen (secondary N) is 1. The molecule has 0 bridgehead atoms. The molecular formula is C16H15FN2O3. The van der Waals surface area contributed by atoms with Gasteiger partial charge < -0.3 is 9.84 Å². The van der Waals surface area contributed by atoms with Crippen LogP contribution in [0.1, 0.15) is 12.5 Å². The van der Waals surface area contributed by atoms with E-state index in [0.29, 0.717) is 5.69 Å². The fourth-order valence-corrected chi connectivity index (χ4v) is 1.68. The lowest BCUT2D eigenvalue weighted by atomic mass is 10.2. The van der Waals surface area contributed by atoms with Crippen molar-refractivity contribution in [2.24, 2.45) is 4.99 Å². The summed E-state index contributed by atoms with van der Waals surface area (Å²) in [5.74, 6) is -0.439. The number of anilines is 1. The van der Waals surface area contributed by atoms with Crippen LogP contribution in [0.15, 0.2) is 47.5 Å². The maximum atomic E-state index is 12.8. The number of rotatable bonds is 4. The van der Waals surface area contributed by atoms with E-state index in [0.717, 1.165) is 5.56 Å². The van der Waals surface area contributed by atoms with Gasteiger partial charge in [0.1, 0.15) is 11.6 Å². The number of ether oxygens (including phenoxy) is 1. The second-order valence-electron chi connectivity index (χ2n) is 4.36. The third-order valence-electron chi connectivity index (χ3n) is 2.73. The Morgan fingerprint density at radius 2 is 2.05 bits per heavy atom. The number of phenolic OH excluding ortho intramolecular Hbond substituents is 1. The van der Waals surface area contributed by atoms with E-state index >= 15 is 0 Å². The molecule has 0 fully saturated rings. The number of amides is 1. The van der Waals surface area contributed by atoms with E-state index in [-0.39, 0.29) is 23.9 Å². The van der Waals surface area contributed by atoms with Gasteiger partial charge in [0.2, 0.25) is 0 Å². The van der Waals surface area contributed by atoms with Gasteiger partial charge in [0, 0.05) is 12.3 Å². The van der Waals surface area contributed by atoms with Crippen molar-refractivity contribution < 1.29 is 19.0 Å². The summed E-state index contributed by atoms with van der Waals surface area (Å²) in [6.07, 6.45) is 0.910. The number of benzene rings is 2. The van der Waals surface area contributed by atoms with Gasteiger partial charge in [-0.05, 0) is 36.8 Å². The second-order valence-corrected chi connectivity index (χ2v) is 4.36. The van der Waals surface area contributed by atoms with Crippen molar-refractivity contribution in [2.45, 2.75) is 6.92 Å². The molecule has 2 N–H and O–H groups in total. The summed E-state index contributed by atoms with van der Waals surface area (Å²) in [6.45, 7) is 1.93. The molecule has 0 saturated heterocycles. The molecule has 0 aliphatic carbocycles. The monoisotopic (exact) mass is 302 g/mol. The van der Waals surface area contributed by atoms with Gasteiger partial charge in [-0.25, -0.2) is 9.18 Å². The highest BCUT2D eigenvalue weighted by Crippen LogP contribution is 2.28. The smallest absolute Gasteiger partial charge is 0.411 e. The standard InChI is InChI=1S/C16H15FN2O3/c1-2-22-16(21)19-14-8-7-13(9-15(14)20)18-10-11-3-5-12(17)6-4-11/h3-10,20H,2H2,1H3,(H,19,21). The summed E-state index contributed by atoms with van der Waals surface area (Å²) in [4.78, 5) is 15.5. The Labute approximate surface area is 127 Å². The molecule has 2 aromatic carbocycles. The van der Waals surface area contributed by atoms with E-state index in [1.807, 2.05) is 0 Å². The summed E-state index contributed by atoms with van der Waals surface area (Å²) >= 11 is 0. The molecule has 114 valence electrons. The molecule has 5 nitrogen and oxygen atoms in total. The van der Waals surface area contributed by atoms with Crippen LogP contribution in [0.2, 0.25) is 0 Å². The van der Waals surface area contributed by atoms with Crippen LogP contribution >= 0.6 is 0 Å². The average Bonchev–Trinajstić information content (AvgIpc) is 2.49. The second kappa shape index (κ2) is 7.21. The molecule has 0 saturated carbocycles. The van der Waals surface area contributed by atoms with E-state index in [4.69, 9.17) is 4.74 Å². The lowest BCUT2D eigenvalue weighted by molar-refractivity contribution is 0.168. The van der Waals surface area contributed by atoms with Gasteiger partial charge in [0.15, 0.2) is 0 Å². The molecule has 0 heterocycles. The summed E-state index contributed by atoms with van der Waals surface area (Å²) in [7, 11) is 0. The van der Waals surface area contributed by atoms with Crippen molar-refractivity contribution >= 4 is 23.7 Å². The Bertz CT molecular complexity index is 684. The molecule has 2 aromatic rings. The van der Waals surface area contributed by atoms with E-state index in [1.54, 1.807) is 31.3 Å². The summed E-state index contributed by atoms with van der Waals surface area (Å²) in [5.41, 5.74) is 1.46. The van der Waals surface area contributed by atoms with Crippen molar-refractivity contribution in [2.75, 3.05) is 11.9 Å². The van der Waals surface area contributed by atoms with Gasteiger partial charge in [0.05, 0.1) is 18.0 Å². The fraction of sp³-hybridized carbons (Fsp3) is 0.125. The van der Waals surface area contributed by atoms with Crippen LogP contribution in [0.3, 0.4) is 0 Å². The number of carbonyl (C=O) groups is 1. The Kier molecular flexibility index (Phi) is 5.08. The quantitative estimate of drug-likeness (QED) is 0.665. The average molecular weight is 302 g/mol. The molecule has 22 heavy (non-hydrogen) atoms. The number of hydrogen-bond donors (Lipinski definition) is 2. The summed E-state index contributed by atoms with van der Waals surface area (Å²) < 4.78 is 17.5. The number of halogens is 1. The van der Waals surface area contributed by atoms with Crippen LogP contribution in [0.4, 0.5) is 20.6 Å². The molecule has 2 rings (SSSR count). The number of carbonyl (C=O) groups excluding carboxylic acids is 1. The van der Waals surface area contributed by atoms with Crippen LogP contribution in [-0.4, -0.2) is 24.0 Å². The Morgan fingerprint density at radius 3 is 2.68 bits per heavy atom. The first-order valence-corrected chi connectivity index (χ1v) is 6.65. The maximum Gasteiger partial charge on any atom is 0.411 e. The van der Waals surface area contributed by atoms with Gasteiger partial charge in [-0.3, -0.25) is 10.3 Å². The van der Waals surface area contributed by atoms with Crippen molar-refractivity contribution in [1.29, 1.82) is 0 Å². The van der Waals surface area contributed by atoms with E-state index in [9.17, 15) is 14.3 Å². The SMILES string of the molecule is CCOC(=O)Nc1ccc(N=Cc2ccc(F)cc2)cc1O. The number of hydrogen-bond acceptors (Lipinski definition) is 4. The molecule has 0 aliphatic heterocycles. The predicted octanol–water partition coefficient (Wildman–Crippen LogP) is 3.85. The van der Waals surface area contributed by atoms with Gasteiger partial charge in [-0.15, -0.1) is 0 Å². The highest BCUT2D eigenvalue weighted by Gasteiger charge is 2.07. The third kappa shape index (κ3) is 4.31. The minimum absolute atomic E-state index is 0.123. The number of phenols is 1. The predicted molar refractivity (Wildman–Crippen MR) is 82.4 cm³/mol. The van der Waals surface area contributed by atoms with Gasteiger partial charge in [-0.1, -0.05) is 12.1 Å². The first-order valence-electron chi connectivity index (χ1n) is 6.65. The van der Waals surface area contributed by atoms with E-state index in [2.05, 4.69) is 10.3 Å². The van der Waals surface area contributed by atoms with Crippen LogP contribution in [-0.2, 0) is 4.74 Å². The highest BCUT2D eigenvalue weighted by atomic mass is 19.1. The zero-order valence-corrected chi connectivity index (χ0v) is 11.9. The van der Waals surface area contributed by atoms with Gasteiger partial charge in [0.25, 0.3) is 0 Å². The molecule has 6 heteroatoms. The summed E-state index contributed by atoms with van der Waals surface area (Å²) in [6, 6.07) is 10.4. The third-order valence-corrected chi connectivity index (χ3v) is 2.73. The van der Waals surface area contributed by atoms with Crippen molar-refractivity contribution in [3.8, 4) is 5.75 Å². The Hall–Kier alpha value is -2.89. The topological polar surface area (TPSA) is 70.9 Å². The molecule has 0 aromatic heterocycles. The molecule has 0 atom stereocenters. The molecule has 0 radical (unpaired) electrons. The fourth-order valence-electron chi connectivity index (χ4n) is 1.68. The van der Waals surface area contributed by atoms with Gasteiger partial charge in [-0.2, -0.15) is 0 Å². The normalized spacial score (nSPS) is 10.6. The number of nitrogens with zero attached hydrogens (tertiary/aromatic N) is 1. The van der Waals surface area contributed by atoms with Crippen LogP contribution in [0.5, 0.6) is 5.75 Å². The largest absolute Gasteiger partial charge is 0.506 e. The van der Waals surface area contributed by atoms with E-state index < -0.39 is 6.09 Å². The lowest BCUT2D eigenvalue weighted by Gasteiger charge is -2.07. The first-order chi connectivity index (χ1) is 10.6. The zero-order valence-electron chi connectivity index (χ0n) is 11.9. The minimum Gasteiger partial charge on any atom is -0.506 e. The van der Waals surface area contributed by atoms with Crippen molar-refractivity contribution in [3.05, 3.63) is 53.8 Å². The van der Waals surface area contributed by atoms with Gasteiger partial charge >= 0.3 is 6.09 Å². The summed E-state index contributed by atoms with van der Waals surface area (Å²) in [5, 5.41) is 12.3. The van der Waals surface area contributed by atoms with E-state index in [1.165, 1.54) is 24.3 Å². The molecule has 0 unspecified atom stereocenters. The van der Waals surface area contributed by atoms with Crippen LogP contribution in [0.25, 0.3) is 0 Å². The molecular weight excluding hydrogens is 287 g/mol. The minimum atomic E-state index is -0.639. The van der Waals surface area contributed by atoms with Crippen molar-refractivity contribution in [1.82, 2.24) is 0 Å². The molecule has 1 amide bonds. The van der Waals surface area contributed by atoms with Crippen LogP contribution < -0.4 is 5.32 Å². The lowest BCUT2D eigenvalue weighted by Crippen LogP contribution is -2.13. The molecule has 0 aliphatic rings. The Balaban J connectivity index is 2.08. The first kappa shape index (κ1) is 15.5. The Morgan fingerprint density at radius 1 is 1.32 bits per heavy atom. The number of aromatic hydroxyl groups is 1. The zero-order chi connectivity index (χ0) is 15.9. The molecule has 0 spiro atoms. The maximum absolute atomic E-state index is 12.8. The number of aliphatic imine (C=N–C) groups is 1. The van der Waals surface area contributed by atoms with Crippen LogP contribution in [0, 0.1) is 5.82 Å². The van der Waals surface area contributed by atoms with Crippen molar-refractivity contribution in [3.63, 3.8) is 0 Å². The highest BCUT2D eigenvalue weighted by molar-refractivity contribution is 5.87.